The quantitative estimate of drug-likeness (QED) is 0.636. The first-order chi connectivity index (χ1) is 6.02. The monoisotopic (exact) mass is 183 g/mol. The van der Waals surface area contributed by atoms with Gasteiger partial charge in [-0.15, -0.1) is 0 Å². The van der Waals surface area contributed by atoms with E-state index in [-0.39, 0.29) is 0 Å². The number of nitrogens with zero attached hydrogens (tertiary/aromatic N) is 1. The Balaban J connectivity index is 2.46. The fourth-order valence-electron chi connectivity index (χ4n) is 2.66. The molecule has 0 aromatic rings. The predicted octanol–water partition coefficient (Wildman–Crippen LogP) is 3.01. The Bertz CT molecular complexity index is 151. The lowest BCUT2D eigenvalue weighted by atomic mass is 9.79. The van der Waals surface area contributed by atoms with E-state index in [4.69, 9.17) is 0 Å². The van der Waals surface area contributed by atoms with Gasteiger partial charge in [0.15, 0.2) is 0 Å². The molecule has 0 aromatic carbocycles. The van der Waals surface area contributed by atoms with Crippen molar-refractivity contribution in [3.63, 3.8) is 0 Å². The van der Waals surface area contributed by atoms with Gasteiger partial charge in [0.2, 0.25) is 0 Å². The van der Waals surface area contributed by atoms with Gasteiger partial charge in [-0.2, -0.15) is 0 Å². The maximum atomic E-state index is 2.61. The molecule has 0 aromatic heterocycles. The van der Waals surface area contributed by atoms with Gasteiger partial charge in [0.05, 0.1) is 0 Å². The molecule has 1 heterocycles. The van der Waals surface area contributed by atoms with Gasteiger partial charge < -0.3 is 4.90 Å². The standard InChI is InChI=1S/C12H25N/c1-9(2)12-6-7-13(10(3)4)8-11(12)5/h9-12H,6-8H2,1-5H3/t11-,12+/m1/s1. The van der Waals surface area contributed by atoms with Crippen molar-refractivity contribution in [3.8, 4) is 0 Å². The second-order valence-electron chi connectivity index (χ2n) is 5.26. The molecular formula is C12H25N. The highest BCUT2D eigenvalue weighted by atomic mass is 15.2. The first kappa shape index (κ1) is 11.0. The van der Waals surface area contributed by atoms with Crippen molar-refractivity contribution in [1.82, 2.24) is 4.90 Å². The number of hydrogen-bond donors (Lipinski definition) is 0. The van der Waals surface area contributed by atoms with Crippen LogP contribution in [0.2, 0.25) is 0 Å². The molecule has 0 aliphatic carbocycles. The molecule has 1 aliphatic rings. The van der Waals surface area contributed by atoms with E-state index in [1.165, 1.54) is 19.5 Å². The maximum Gasteiger partial charge on any atom is 0.00387 e. The first-order valence-electron chi connectivity index (χ1n) is 5.76. The van der Waals surface area contributed by atoms with Gasteiger partial charge in [-0.1, -0.05) is 20.8 Å². The van der Waals surface area contributed by atoms with E-state index in [1.54, 1.807) is 0 Å². The number of rotatable bonds is 2. The molecule has 0 bridgehead atoms. The third-order valence-electron chi connectivity index (χ3n) is 3.59. The van der Waals surface area contributed by atoms with E-state index in [0.29, 0.717) is 0 Å². The largest absolute Gasteiger partial charge is 0.301 e. The summed E-state index contributed by atoms with van der Waals surface area (Å²) in [5.74, 6) is 2.70. The van der Waals surface area contributed by atoms with Crippen LogP contribution < -0.4 is 0 Å². The van der Waals surface area contributed by atoms with Crippen molar-refractivity contribution in [3.05, 3.63) is 0 Å². The van der Waals surface area contributed by atoms with Crippen LogP contribution in [0, 0.1) is 17.8 Å². The topological polar surface area (TPSA) is 3.24 Å². The number of hydrogen-bond acceptors (Lipinski definition) is 1. The summed E-state index contributed by atoms with van der Waals surface area (Å²) in [4.78, 5) is 2.61. The molecule has 1 saturated heterocycles. The van der Waals surface area contributed by atoms with Crippen LogP contribution in [0.15, 0.2) is 0 Å². The Morgan fingerprint density at radius 1 is 1.15 bits per heavy atom. The number of piperidine rings is 1. The maximum absolute atomic E-state index is 2.61. The van der Waals surface area contributed by atoms with E-state index in [0.717, 1.165) is 23.8 Å². The van der Waals surface area contributed by atoms with Crippen molar-refractivity contribution >= 4 is 0 Å². The van der Waals surface area contributed by atoms with E-state index >= 15 is 0 Å². The highest BCUT2D eigenvalue weighted by Crippen LogP contribution is 2.30. The molecule has 1 aliphatic heterocycles. The average molecular weight is 183 g/mol. The highest BCUT2D eigenvalue weighted by Gasteiger charge is 2.28. The van der Waals surface area contributed by atoms with E-state index < -0.39 is 0 Å². The minimum Gasteiger partial charge on any atom is -0.301 e. The summed E-state index contributed by atoms with van der Waals surface area (Å²) in [6.07, 6.45) is 1.40. The molecule has 2 atom stereocenters. The normalized spacial score (nSPS) is 31.6. The Morgan fingerprint density at radius 3 is 2.15 bits per heavy atom. The molecule has 0 radical (unpaired) electrons. The first-order valence-corrected chi connectivity index (χ1v) is 5.76. The van der Waals surface area contributed by atoms with Crippen LogP contribution in [-0.4, -0.2) is 24.0 Å². The highest BCUT2D eigenvalue weighted by molar-refractivity contribution is 4.80. The summed E-state index contributed by atoms with van der Waals surface area (Å²) in [6, 6.07) is 0.732. The zero-order valence-electron chi connectivity index (χ0n) is 9.88. The Morgan fingerprint density at radius 2 is 1.77 bits per heavy atom. The van der Waals surface area contributed by atoms with Gasteiger partial charge in [-0.05, 0) is 44.6 Å². The van der Waals surface area contributed by atoms with Crippen LogP contribution in [-0.2, 0) is 0 Å². The summed E-state index contributed by atoms with van der Waals surface area (Å²) in [5, 5.41) is 0. The Hall–Kier alpha value is -0.0400. The fourth-order valence-corrected chi connectivity index (χ4v) is 2.66. The van der Waals surface area contributed by atoms with Gasteiger partial charge in [0.25, 0.3) is 0 Å². The number of likely N-dealkylation sites (tertiary alicyclic amines) is 1. The van der Waals surface area contributed by atoms with Crippen LogP contribution in [0.25, 0.3) is 0 Å². The van der Waals surface area contributed by atoms with E-state index in [9.17, 15) is 0 Å². The third-order valence-corrected chi connectivity index (χ3v) is 3.59. The van der Waals surface area contributed by atoms with Gasteiger partial charge in [0.1, 0.15) is 0 Å². The van der Waals surface area contributed by atoms with Crippen molar-refractivity contribution in [1.29, 1.82) is 0 Å². The fraction of sp³-hybridized carbons (Fsp3) is 1.00. The zero-order valence-corrected chi connectivity index (χ0v) is 9.88. The summed E-state index contributed by atoms with van der Waals surface area (Å²) < 4.78 is 0. The van der Waals surface area contributed by atoms with Crippen LogP contribution in [0.1, 0.15) is 41.0 Å². The molecule has 0 amide bonds. The average Bonchev–Trinajstić information content (AvgIpc) is 2.03. The molecule has 78 valence electrons. The summed E-state index contributed by atoms with van der Waals surface area (Å²) in [6.45, 7) is 14.4. The molecule has 1 heteroatoms. The third kappa shape index (κ3) is 2.70. The Labute approximate surface area is 83.5 Å². The minimum atomic E-state index is 0.732. The summed E-state index contributed by atoms with van der Waals surface area (Å²) in [7, 11) is 0. The van der Waals surface area contributed by atoms with E-state index in [1.807, 2.05) is 0 Å². The second-order valence-corrected chi connectivity index (χ2v) is 5.26. The van der Waals surface area contributed by atoms with Crippen molar-refractivity contribution in [2.45, 2.75) is 47.1 Å². The van der Waals surface area contributed by atoms with Gasteiger partial charge in [-0.25, -0.2) is 0 Å². The SMILES string of the molecule is CC(C)[C@@H]1CCN(C(C)C)C[C@H]1C. The predicted molar refractivity (Wildman–Crippen MR) is 58.8 cm³/mol. The zero-order chi connectivity index (χ0) is 10.0. The summed E-state index contributed by atoms with van der Waals surface area (Å²) >= 11 is 0. The molecule has 1 rings (SSSR count). The second kappa shape index (κ2) is 4.45. The minimum absolute atomic E-state index is 0.732. The van der Waals surface area contributed by atoms with Crippen LogP contribution in [0.3, 0.4) is 0 Å². The lowest BCUT2D eigenvalue weighted by Crippen LogP contribution is -2.44. The van der Waals surface area contributed by atoms with Crippen molar-refractivity contribution < 1.29 is 0 Å². The van der Waals surface area contributed by atoms with Crippen LogP contribution in [0.5, 0.6) is 0 Å². The Kier molecular flexibility index (Phi) is 3.78. The van der Waals surface area contributed by atoms with Crippen molar-refractivity contribution in [2.75, 3.05) is 13.1 Å². The molecule has 0 spiro atoms. The molecule has 13 heavy (non-hydrogen) atoms. The lowest BCUT2D eigenvalue weighted by Gasteiger charge is -2.40. The summed E-state index contributed by atoms with van der Waals surface area (Å²) in [5.41, 5.74) is 0. The molecule has 0 unspecified atom stereocenters. The molecular weight excluding hydrogens is 158 g/mol. The lowest BCUT2D eigenvalue weighted by molar-refractivity contribution is 0.0799. The van der Waals surface area contributed by atoms with Gasteiger partial charge in [0, 0.05) is 12.6 Å². The van der Waals surface area contributed by atoms with Crippen LogP contribution in [0.4, 0.5) is 0 Å². The molecule has 0 N–H and O–H groups in total. The molecule has 1 fully saturated rings. The smallest absolute Gasteiger partial charge is 0.00387 e. The molecule has 0 saturated carbocycles. The van der Waals surface area contributed by atoms with E-state index in [2.05, 4.69) is 39.5 Å². The van der Waals surface area contributed by atoms with Gasteiger partial charge in [-0.3, -0.25) is 0 Å². The van der Waals surface area contributed by atoms with Crippen molar-refractivity contribution in [2.24, 2.45) is 17.8 Å². The van der Waals surface area contributed by atoms with Gasteiger partial charge >= 0.3 is 0 Å². The molecule has 1 nitrogen and oxygen atoms in total. The van der Waals surface area contributed by atoms with Crippen LogP contribution >= 0.6 is 0 Å².